The maximum Gasteiger partial charge on any atom is 0.226 e. The van der Waals surface area contributed by atoms with Crippen molar-refractivity contribution in [1.82, 2.24) is 4.90 Å². The fourth-order valence-electron chi connectivity index (χ4n) is 3.82. The van der Waals surface area contributed by atoms with Gasteiger partial charge in [0.1, 0.15) is 11.6 Å². The lowest BCUT2D eigenvalue weighted by Gasteiger charge is -2.33. The maximum atomic E-state index is 13.2. The van der Waals surface area contributed by atoms with Crippen LogP contribution < -0.4 is 4.90 Å². The first-order chi connectivity index (χ1) is 13.5. The zero-order chi connectivity index (χ0) is 19.9. The van der Waals surface area contributed by atoms with Crippen LogP contribution in [0.5, 0.6) is 0 Å². The second kappa shape index (κ2) is 9.78. The van der Waals surface area contributed by atoms with Gasteiger partial charge in [0.2, 0.25) is 5.91 Å². The normalized spacial score (nSPS) is 15.5. The quantitative estimate of drug-likeness (QED) is 0.691. The Bertz CT molecular complexity index is 753. The SMILES string of the molecule is CCC(=O)N(CCN1CCC(Cc2ccc(F)cc2)CC1)c1ccc(F)cc1. The molecule has 1 aliphatic heterocycles. The molecule has 0 atom stereocenters. The minimum atomic E-state index is -0.295. The number of halogens is 2. The van der Waals surface area contributed by atoms with Gasteiger partial charge in [0.25, 0.3) is 0 Å². The minimum absolute atomic E-state index is 0.0535. The van der Waals surface area contributed by atoms with Crippen LogP contribution in [0.3, 0.4) is 0 Å². The summed E-state index contributed by atoms with van der Waals surface area (Å²) in [7, 11) is 0. The van der Waals surface area contributed by atoms with Crippen molar-refractivity contribution in [3.63, 3.8) is 0 Å². The molecule has 3 nitrogen and oxygen atoms in total. The van der Waals surface area contributed by atoms with Crippen LogP contribution >= 0.6 is 0 Å². The number of amides is 1. The molecule has 0 aromatic heterocycles. The summed E-state index contributed by atoms with van der Waals surface area (Å²) in [6.07, 6.45) is 3.63. The van der Waals surface area contributed by atoms with Crippen LogP contribution in [0.4, 0.5) is 14.5 Å². The van der Waals surface area contributed by atoms with E-state index in [-0.39, 0.29) is 17.5 Å². The number of carbonyl (C=O) groups is 1. The van der Waals surface area contributed by atoms with Crippen molar-refractivity contribution < 1.29 is 13.6 Å². The van der Waals surface area contributed by atoms with E-state index < -0.39 is 0 Å². The molecule has 1 saturated heterocycles. The lowest BCUT2D eigenvalue weighted by atomic mass is 9.90. The second-order valence-corrected chi connectivity index (χ2v) is 7.49. The molecule has 5 heteroatoms. The number of likely N-dealkylation sites (tertiary alicyclic amines) is 1. The summed E-state index contributed by atoms with van der Waals surface area (Å²) < 4.78 is 26.2. The number of hydrogen-bond donors (Lipinski definition) is 0. The number of anilines is 1. The van der Waals surface area contributed by atoms with Crippen LogP contribution in [0.15, 0.2) is 48.5 Å². The highest BCUT2D eigenvalue weighted by Crippen LogP contribution is 2.22. The van der Waals surface area contributed by atoms with Gasteiger partial charge in [0, 0.05) is 25.2 Å². The van der Waals surface area contributed by atoms with Gasteiger partial charge in [-0.15, -0.1) is 0 Å². The highest BCUT2D eigenvalue weighted by molar-refractivity contribution is 5.93. The van der Waals surface area contributed by atoms with Gasteiger partial charge >= 0.3 is 0 Å². The smallest absolute Gasteiger partial charge is 0.226 e. The van der Waals surface area contributed by atoms with Crippen molar-refractivity contribution in [2.24, 2.45) is 5.92 Å². The van der Waals surface area contributed by atoms with E-state index in [0.717, 1.165) is 44.6 Å². The monoisotopic (exact) mass is 386 g/mol. The minimum Gasteiger partial charge on any atom is -0.311 e. The zero-order valence-corrected chi connectivity index (χ0v) is 16.4. The van der Waals surface area contributed by atoms with Gasteiger partial charge in [-0.25, -0.2) is 8.78 Å². The van der Waals surface area contributed by atoms with E-state index in [4.69, 9.17) is 0 Å². The molecule has 0 bridgehead atoms. The van der Waals surface area contributed by atoms with E-state index in [1.54, 1.807) is 17.0 Å². The van der Waals surface area contributed by atoms with Gasteiger partial charge < -0.3 is 9.80 Å². The molecule has 1 heterocycles. The van der Waals surface area contributed by atoms with Crippen molar-refractivity contribution in [3.05, 3.63) is 65.7 Å². The standard InChI is InChI=1S/C23H28F2N2O/c1-2-23(28)27(22-9-7-21(25)8-10-22)16-15-26-13-11-19(12-14-26)17-18-3-5-20(24)6-4-18/h3-10,19H,2,11-17H2,1H3. The summed E-state index contributed by atoms with van der Waals surface area (Å²) in [4.78, 5) is 16.5. The molecule has 2 aromatic rings. The van der Waals surface area contributed by atoms with Gasteiger partial charge in [-0.2, -0.15) is 0 Å². The Kier molecular flexibility index (Phi) is 7.15. The largest absolute Gasteiger partial charge is 0.311 e. The molecule has 0 radical (unpaired) electrons. The van der Waals surface area contributed by atoms with Gasteiger partial charge in [-0.1, -0.05) is 19.1 Å². The van der Waals surface area contributed by atoms with E-state index in [1.165, 1.54) is 29.8 Å². The van der Waals surface area contributed by atoms with Crippen molar-refractivity contribution in [3.8, 4) is 0 Å². The van der Waals surface area contributed by atoms with E-state index in [2.05, 4.69) is 4.90 Å². The Morgan fingerprint density at radius 3 is 2.14 bits per heavy atom. The second-order valence-electron chi connectivity index (χ2n) is 7.49. The van der Waals surface area contributed by atoms with Crippen LogP contribution in [0.25, 0.3) is 0 Å². The van der Waals surface area contributed by atoms with Gasteiger partial charge in [0.15, 0.2) is 0 Å². The lowest BCUT2D eigenvalue weighted by Crippen LogP contribution is -2.42. The number of nitrogens with zero attached hydrogens (tertiary/aromatic N) is 2. The molecule has 0 unspecified atom stereocenters. The molecule has 0 saturated carbocycles. The summed E-state index contributed by atoms with van der Waals surface area (Å²) in [5.41, 5.74) is 1.94. The fraction of sp³-hybridized carbons (Fsp3) is 0.435. The number of piperidine rings is 1. The van der Waals surface area contributed by atoms with Crippen LogP contribution in [-0.4, -0.2) is 37.0 Å². The van der Waals surface area contributed by atoms with Gasteiger partial charge in [-0.05, 0) is 80.2 Å². The van der Waals surface area contributed by atoms with Crippen LogP contribution in [0, 0.1) is 17.6 Å². The van der Waals surface area contributed by atoms with E-state index in [9.17, 15) is 13.6 Å². The first-order valence-corrected chi connectivity index (χ1v) is 10.1. The maximum absolute atomic E-state index is 13.2. The van der Waals surface area contributed by atoms with Gasteiger partial charge in [-0.3, -0.25) is 4.79 Å². The molecule has 1 fully saturated rings. The van der Waals surface area contributed by atoms with Crippen molar-refractivity contribution in [2.45, 2.75) is 32.6 Å². The summed E-state index contributed by atoms with van der Waals surface area (Å²) in [6, 6.07) is 12.9. The summed E-state index contributed by atoms with van der Waals surface area (Å²) >= 11 is 0. The first kappa shape index (κ1) is 20.5. The van der Waals surface area contributed by atoms with Crippen molar-refractivity contribution >= 4 is 11.6 Å². The van der Waals surface area contributed by atoms with Crippen molar-refractivity contribution in [1.29, 1.82) is 0 Å². The molecule has 0 spiro atoms. The van der Waals surface area contributed by atoms with Gasteiger partial charge in [0.05, 0.1) is 0 Å². The molecule has 0 aliphatic carbocycles. The Morgan fingerprint density at radius 2 is 1.57 bits per heavy atom. The van der Waals surface area contributed by atoms with Crippen LogP contribution in [0.1, 0.15) is 31.7 Å². The molecule has 28 heavy (non-hydrogen) atoms. The molecular formula is C23H28F2N2O. The topological polar surface area (TPSA) is 23.6 Å². The summed E-state index contributed by atoms with van der Waals surface area (Å²) in [6.45, 7) is 5.28. The number of hydrogen-bond acceptors (Lipinski definition) is 2. The summed E-state index contributed by atoms with van der Waals surface area (Å²) in [5.74, 6) is 0.187. The number of rotatable bonds is 7. The fourth-order valence-corrected chi connectivity index (χ4v) is 3.82. The van der Waals surface area contributed by atoms with Crippen LogP contribution in [-0.2, 0) is 11.2 Å². The molecule has 1 amide bonds. The Morgan fingerprint density at radius 1 is 1.00 bits per heavy atom. The van der Waals surface area contributed by atoms with E-state index in [0.29, 0.717) is 18.9 Å². The number of carbonyl (C=O) groups excluding carboxylic acids is 1. The predicted molar refractivity (Wildman–Crippen MR) is 108 cm³/mol. The predicted octanol–water partition coefficient (Wildman–Crippen LogP) is 4.66. The molecule has 3 rings (SSSR count). The third-order valence-electron chi connectivity index (χ3n) is 5.53. The third kappa shape index (κ3) is 5.61. The molecular weight excluding hydrogens is 358 g/mol. The average Bonchev–Trinajstić information content (AvgIpc) is 2.72. The molecule has 1 aliphatic rings. The van der Waals surface area contributed by atoms with E-state index >= 15 is 0 Å². The highest BCUT2D eigenvalue weighted by Gasteiger charge is 2.21. The molecule has 2 aromatic carbocycles. The Labute approximate surface area is 166 Å². The zero-order valence-electron chi connectivity index (χ0n) is 16.4. The van der Waals surface area contributed by atoms with E-state index in [1.807, 2.05) is 19.1 Å². The number of benzene rings is 2. The van der Waals surface area contributed by atoms with Crippen molar-refractivity contribution in [2.75, 3.05) is 31.1 Å². The average molecular weight is 386 g/mol. The lowest BCUT2D eigenvalue weighted by molar-refractivity contribution is -0.118. The molecule has 150 valence electrons. The third-order valence-corrected chi connectivity index (χ3v) is 5.53. The highest BCUT2D eigenvalue weighted by atomic mass is 19.1. The summed E-state index contributed by atoms with van der Waals surface area (Å²) in [5, 5.41) is 0. The molecule has 0 N–H and O–H groups in total. The first-order valence-electron chi connectivity index (χ1n) is 10.1. The van der Waals surface area contributed by atoms with Crippen LogP contribution in [0.2, 0.25) is 0 Å². The Balaban J connectivity index is 1.49. The Hall–Kier alpha value is -2.27.